The highest BCUT2D eigenvalue weighted by atomic mass is 35.5. The van der Waals surface area contributed by atoms with Gasteiger partial charge in [0.15, 0.2) is 15.5 Å². The predicted octanol–water partition coefficient (Wildman–Crippen LogP) is 5.55. The lowest BCUT2D eigenvalue weighted by atomic mass is 10.1. The Bertz CT molecular complexity index is 1200. The lowest BCUT2D eigenvalue weighted by Gasteiger charge is -2.11. The molecule has 4 nitrogen and oxygen atoms in total. The first-order chi connectivity index (χ1) is 13.3. The van der Waals surface area contributed by atoms with E-state index in [1.165, 1.54) is 18.2 Å². The fraction of sp³-hybridized carbons (Fsp3) is 0.118. The zero-order chi connectivity index (χ0) is 21.7. The molecule has 1 heterocycles. The van der Waals surface area contributed by atoms with Gasteiger partial charge in [-0.25, -0.2) is 21.9 Å². The molecule has 0 bridgehead atoms. The summed E-state index contributed by atoms with van der Waals surface area (Å²) in [6.07, 6.45) is -4.25. The third-order valence-corrected chi connectivity index (χ3v) is 5.68. The van der Waals surface area contributed by atoms with Crippen molar-refractivity contribution in [2.45, 2.75) is 11.1 Å². The van der Waals surface area contributed by atoms with E-state index in [2.05, 4.69) is 5.10 Å². The average Bonchev–Trinajstić information content (AvgIpc) is 3.01. The van der Waals surface area contributed by atoms with Crippen LogP contribution in [0.2, 0.25) is 10.0 Å². The molecule has 0 aliphatic heterocycles. The first kappa shape index (κ1) is 21.5. The van der Waals surface area contributed by atoms with Crippen molar-refractivity contribution in [1.82, 2.24) is 9.78 Å². The third-order valence-electron chi connectivity index (χ3n) is 3.81. The van der Waals surface area contributed by atoms with E-state index in [0.29, 0.717) is 29.1 Å². The topological polar surface area (TPSA) is 52.0 Å². The number of halogens is 7. The molecule has 0 spiro atoms. The van der Waals surface area contributed by atoms with Gasteiger partial charge in [-0.3, -0.25) is 0 Å². The summed E-state index contributed by atoms with van der Waals surface area (Å²) < 4.78 is 91.8. The molecule has 0 aliphatic carbocycles. The highest BCUT2D eigenvalue weighted by Crippen LogP contribution is 2.36. The molecule has 2 aromatic carbocycles. The molecular formula is C17H9Cl2F5N2O2S. The van der Waals surface area contributed by atoms with Crippen molar-refractivity contribution in [1.29, 1.82) is 0 Å². The van der Waals surface area contributed by atoms with Crippen molar-refractivity contribution in [3.63, 3.8) is 0 Å². The van der Waals surface area contributed by atoms with Crippen LogP contribution in [0.15, 0.2) is 41.3 Å². The van der Waals surface area contributed by atoms with Crippen LogP contribution in [-0.4, -0.2) is 24.5 Å². The Kier molecular flexibility index (Phi) is 5.39. The van der Waals surface area contributed by atoms with Gasteiger partial charge in [-0.1, -0.05) is 29.3 Å². The van der Waals surface area contributed by atoms with Gasteiger partial charge in [0.2, 0.25) is 0 Å². The van der Waals surface area contributed by atoms with E-state index in [1.807, 2.05) is 0 Å². The van der Waals surface area contributed by atoms with E-state index in [4.69, 9.17) is 23.2 Å². The van der Waals surface area contributed by atoms with Crippen LogP contribution >= 0.6 is 23.2 Å². The standard InChI is InChI=1S/C17H9Cl2F5N2O2S/c1-29(27,28)16-12(20)5-9(6-13(16)21)26-14(7-15(25-26)17(22,23)24)8-2-3-10(18)11(19)4-8/h2-7H,1H3. The molecule has 29 heavy (non-hydrogen) atoms. The molecule has 0 saturated heterocycles. The minimum atomic E-state index is -4.85. The van der Waals surface area contributed by atoms with Crippen LogP contribution in [-0.2, 0) is 16.0 Å². The number of aromatic nitrogens is 2. The largest absolute Gasteiger partial charge is 0.435 e. The van der Waals surface area contributed by atoms with E-state index in [9.17, 15) is 30.4 Å². The maximum absolute atomic E-state index is 14.3. The molecule has 3 aromatic rings. The van der Waals surface area contributed by atoms with Crippen molar-refractivity contribution in [2.75, 3.05) is 6.26 Å². The zero-order valence-electron chi connectivity index (χ0n) is 14.2. The predicted molar refractivity (Wildman–Crippen MR) is 97.0 cm³/mol. The molecule has 0 unspecified atom stereocenters. The summed E-state index contributed by atoms with van der Waals surface area (Å²) in [4.78, 5) is -1.19. The fourth-order valence-electron chi connectivity index (χ4n) is 2.60. The highest BCUT2D eigenvalue weighted by Gasteiger charge is 2.35. The van der Waals surface area contributed by atoms with Crippen molar-refractivity contribution >= 4 is 33.0 Å². The van der Waals surface area contributed by atoms with E-state index >= 15 is 0 Å². The average molecular weight is 471 g/mol. The Morgan fingerprint density at radius 3 is 2.03 bits per heavy atom. The normalized spacial score (nSPS) is 12.4. The zero-order valence-corrected chi connectivity index (χ0v) is 16.6. The van der Waals surface area contributed by atoms with Crippen LogP contribution < -0.4 is 0 Å². The van der Waals surface area contributed by atoms with Crippen LogP contribution in [0.4, 0.5) is 22.0 Å². The molecule has 0 aliphatic rings. The first-order valence-electron chi connectivity index (χ1n) is 7.61. The quantitative estimate of drug-likeness (QED) is 0.471. The number of benzene rings is 2. The number of nitrogens with zero attached hydrogens (tertiary/aromatic N) is 2. The summed E-state index contributed by atoms with van der Waals surface area (Å²) in [5, 5.41) is 3.57. The number of alkyl halides is 3. The van der Waals surface area contributed by atoms with Gasteiger partial charge in [0, 0.05) is 24.0 Å². The summed E-state index contributed by atoms with van der Waals surface area (Å²) in [6, 6.07) is 5.76. The fourth-order valence-corrected chi connectivity index (χ4v) is 3.72. The summed E-state index contributed by atoms with van der Waals surface area (Å²) in [6.45, 7) is 0. The van der Waals surface area contributed by atoms with Gasteiger partial charge in [0.05, 0.1) is 21.4 Å². The van der Waals surface area contributed by atoms with Gasteiger partial charge < -0.3 is 0 Å². The van der Waals surface area contributed by atoms with Gasteiger partial charge in [0.25, 0.3) is 0 Å². The van der Waals surface area contributed by atoms with E-state index < -0.39 is 43.9 Å². The van der Waals surface area contributed by atoms with E-state index in [0.717, 1.165) is 0 Å². The van der Waals surface area contributed by atoms with Crippen molar-refractivity contribution in [2.24, 2.45) is 0 Å². The molecule has 12 heteroatoms. The molecule has 0 radical (unpaired) electrons. The smallest absolute Gasteiger partial charge is 0.232 e. The molecule has 0 saturated carbocycles. The van der Waals surface area contributed by atoms with Crippen LogP contribution in [0.3, 0.4) is 0 Å². The Balaban J connectivity index is 2.29. The monoisotopic (exact) mass is 470 g/mol. The summed E-state index contributed by atoms with van der Waals surface area (Å²) in [7, 11) is -4.25. The first-order valence-corrected chi connectivity index (χ1v) is 10.3. The van der Waals surface area contributed by atoms with Gasteiger partial charge in [-0.15, -0.1) is 0 Å². The second-order valence-electron chi connectivity index (χ2n) is 5.96. The number of rotatable bonds is 3. The van der Waals surface area contributed by atoms with Gasteiger partial charge in [0.1, 0.15) is 16.5 Å². The SMILES string of the molecule is CS(=O)(=O)c1c(F)cc(-n2nc(C(F)(F)F)cc2-c2ccc(Cl)c(Cl)c2)cc1F. The summed E-state index contributed by atoms with van der Waals surface area (Å²) in [5.41, 5.74) is -1.84. The molecule has 0 atom stereocenters. The second kappa shape index (κ2) is 7.26. The second-order valence-corrected chi connectivity index (χ2v) is 8.73. The maximum Gasteiger partial charge on any atom is 0.435 e. The Labute approximate surface area is 171 Å². The number of hydrogen-bond donors (Lipinski definition) is 0. The highest BCUT2D eigenvalue weighted by molar-refractivity contribution is 7.90. The minimum Gasteiger partial charge on any atom is -0.232 e. The molecule has 0 fully saturated rings. The Hall–Kier alpha value is -2.17. The van der Waals surface area contributed by atoms with Gasteiger partial charge in [-0.05, 0) is 18.2 Å². The summed E-state index contributed by atoms with van der Waals surface area (Å²) in [5.74, 6) is -2.93. The van der Waals surface area contributed by atoms with Crippen LogP contribution in [0.5, 0.6) is 0 Å². The van der Waals surface area contributed by atoms with Crippen molar-refractivity contribution in [3.8, 4) is 16.9 Å². The number of sulfone groups is 1. The Morgan fingerprint density at radius 1 is 0.966 bits per heavy atom. The Morgan fingerprint density at radius 2 is 1.55 bits per heavy atom. The number of hydrogen-bond acceptors (Lipinski definition) is 3. The molecule has 3 rings (SSSR count). The minimum absolute atomic E-state index is 0.0373. The van der Waals surface area contributed by atoms with Crippen LogP contribution in [0.25, 0.3) is 16.9 Å². The van der Waals surface area contributed by atoms with Crippen molar-refractivity contribution in [3.05, 3.63) is 63.8 Å². The van der Waals surface area contributed by atoms with E-state index in [1.54, 1.807) is 0 Å². The molecule has 1 aromatic heterocycles. The van der Waals surface area contributed by atoms with E-state index in [-0.39, 0.29) is 21.3 Å². The van der Waals surface area contributed by atoms with Crippen LogP contribution in [0.1, 0.15) is 5.69 Å². The molecular weight excluding hydrogens is 462 g/mol. The lowest BCUT2D eigenvalue weighted by molar-refractivity contribution is -0.141. The van der Waals surface area contributed by atoms with Crippen molar-refractivity contribution < 1.29 is 30.4 Å². The van der Waals surface area contributed by atoms with Gasteiger partial charge >= 0.3 is 6.18 Å². The van der Waals surface area contributed by atoms with Crippen LogP contribution in [0, 0.1) is 11.6 Å². The molecule has 0 amide bonds. The summed E-state index contributed by atoms with van der Waals surface area (Å²) >= 11 is 11.7. The molecule has 0 N–H and O–H groups in total. The third kappa shape index (κ3) is 4.24. The molecule has 154 valence electrons. The maximum atomic E-state index is 14.3. The van der Waals surface area contributed by atoms with Gasteiger partial charge in [-0.2, -0.15) is 18.3 Å². The lowest BCUT2D eigenvalue weighted by Crippen LogP contribution is -2.09.